The fourth-order valence-corrected chi connectivity index (χ4v) is 3.24. The Morgan fingerprint density at radius 2 is 2.12 bits per heavy atom. The van der Waals surface area contributed by atoms with Gasteiger partial charge in [-0.3, -0.25) is 9.78 Å². The van der Waals surface area contributed by atoms with Crippen molar-refractivity contribution in [3.63, 3.8) is 0 Å². The standard InChI is InChI=1S/C19H25N3O2/c1-19(2,3)11-16(13-7-6-10-20-12-13)21-18(23)17-14-8-4-5-9-15(14)22-24-17/h6-7,10,12,16H,4-5,8-9,11H2,1-3H3,(H,21,23)/t16-/m1/s1. The molecule has 0 saturated heterocycles. The van der Waals surface area contributed by atoms with E-state index in [0.29, 0.717) is 5.76 Å². The zero-order chi connectivity index (χ0) is 17.2. The van der Waals surface area contributed by atoms with Crippen LogP contribution in [0.3, 0.4) is 0 Å². The third kappa shape index (κ3) is 3.83. The zero-order valence-electron chi connectivity index (χ0n) is 14.6. The largest absolute Gasteiger partial charge is 0.350 e. The molecule has 0 aliphatic heterocycles. The summed E-state index contributed by atoms with van der Waals surface area (Å²) in [6, 6.07) is 3.79. The Kier molecular flexibility index (Phi) is 4.69. The summed E-state index contributed by atoms with van der Waals surface area (Å²) in [5, 5.41) is 7.21. The van der Waals surface area contributed by atoms with E-state index >= 15 is 0 Å². The number of carbonyl (C=O) groups excluding carboxylic acids is 1. The van der Waals surface area contributed by atoms with Crippen LogP contribution in [0.1, 0.15) is 73.5 Å². The molecule has 1 atom stereocenters. The van der Waals surface area contributed by atoms with Crippen molar-refractivity contribution in [2.24, 2.45) is 5.41 Å². The van der Waals surface area contributed by atoms with Crippen LogP contribution in [0.15, 0.2) is 29.0 Å². The van der Waals surface area contributed by atoms with E-state index in [9.17, 15) is 4.79 Å². The van der Waals surface area contributed by atoms with E-state index in [2.05, 4.69) is 36.2 Å². The van der Waals surface area contributed by atoms with Gasteiger partial charge in [-0.15, -0.1) is 0 Å². The minimum Gasteiger partial charge on any atom is -0.350 e. The number of nitrogens with one attached hydrogen (secondary N) is 1. The molecule has 128 valence electrons. The molecule has 0 bridgehead atoms. The number of rotatable bonds is 4. The van der Waals surface area contributed by atoms with Crippen LogP contribution in [0, 0.1) is 5.41 Å². The Morgan fingerprint density at radius 3 is 2.83 bits per heavy atom. The molecule has 0 spiro atoms. The van der Waals surface area contributed by atoms with E-state index in [1.165, 1.54) is 0 Å². The lowest BCUT2D eigenvalue weighted by atomic mass is 9.85. The fourth-order valence-electron chi connectivity index (χ4n) is 3.24. The van der Waals surface area contributed by atoms with Gasteiger partial charge in [-0.05, 0) is 49.1 Å². The molecule has 1 aliphatic rings. The van der Waals surface area contributed by atoms with E-state index in [1.54, 1.807) is 6.20 Å². The molecule has 0 fully saturated rings. The van der Waals surface area contributed by atoms with E-state index in [1.807, 2.05) is 18.3 Å². The summed E-state index contributed by atoms with van der Waals surface area (Å²) >= 11 is 0. The van der Waals surface area contributed by atoms with Gasteiger partial charge < -0.3 is 9.84 Å². The van der Waals surface area contributed by atoms with Crippen molar-refractivity contribution in [2.45, 2.75) is 58.9 Å². The van der Waals surface area contributed by atoms with E-state index < -0.39 is 0 Å². The lowest BCUT2D eigenvalue weighted by molar-refractivity contribution is 0.0887. The third-order valence-corrected chi connectivity index (χ3v) is 4.37. The summed E-state index contributed by atoms with van der Waals surface area (Å²) < 4.78 is 5.37. The molecule has 3 rings (SSSR count). The number of fused-ring (bicyclic) bond motifs is 1. The number of nitrogens with zero attached hydrogens (tertiary/aromatic N) is 2. The maximum absolute atomic E-state index is 12.8. The highest BCUT2D eigenvalue weighted by Gasteiger charge is 2.28. The molecular formula is C19H25N3O2. The van der Waals surface area contributed by atoms with Crippen molar-refractivity contribution in [1.29, 1.82) is 0 Å². The zero-order valence-corrected chi connectivity index (χ0v) is 14.6. The molecule has 0 saturated carbocycles. The van der Waals surface area contributed by atoms with Gasteiger partial charge in [0.05, 0.1) is 11.7 Å². The maximum atomic E-state index is 12.8. The lowest BCUT2D eigenvalue weighted by Gasteiger charge is -2.26. The molecule has 1 amide bonds. The van der Waals surface area contributed by atoms with E-state index in [4.69, 9.17) is 4.52 Å². The minimum atomic E-state index is -0.177. The number of pyridine rings is 1. The number of carbonyl (C=O) groups is 1. The Bertz CT molecular complexity index is 701. The number of aryl methyl sites for hydroxylation is 1. The molecule has 2 aromatic rings. The van der Waals surface area contributed by atoms with Gasteiger partial charge >= 0.3 is 0 Å². The molecule has 5 nitrogen and oxygen atoms in total. The van der Waals surface area contributed by atoms with Gasteiger partial charge in [0.25, 0.3) is 5.91 Å². The second-order valence-corrected chi connectivity index (χ2v) is 7.72. The fraction of sp³-hybridized carbons (Fsp3) is 0.526. The van der Waals surface area contributed by atoms with Crippen LogP contribution in [-0.2, 0) is 12.8 Å². The van der Waals surface area contributed by atoms with Crippen LogP contribution >= 0.6 is 0 Å². The Hall–Kier alpha value is -2.17. The monoisotopic (exact) mass is 327 g/mol. The summed E-state index contributed by atoms with van der Waals surface area (Å²) in [4.78, 5) is 17.0. The Balaban J connectivity index is 1.82. The molecular weight excluding hydrogens is 302 g/mol. The van der Waals surface area contributed by atoms with Gasteiger partial charge in [0.15, 0.2) is 0 Å². The van der Waals surface area contributed by atoms with Crippen molar-refractivity contribution < 1.29 is 9.32 Å². The Labute approximate surface area is 142 Å². The van der Waals surface area contributed by atoms with Gasteiger partial charge in [0, 0.05) is 18.0 Å². The summed E-state index contributed by atoms with van der Waals surface area (Å²) in [5.41, 5.74) is 3.02. The van der Waals surface area contributed by atoms with Crippen molar-refractivity contribution >= 4 is 5.91 Å². The number of aromatic nitrogens is 2. The van der Waals surface area contributed by atoms with Gasteiger partial charge in [-0.25, -0.2) is 0 Å². The molecule has 1 N–H and O–H groups in total. The molecule has 0 unspecified atom stereocenters. The molecule has 0 aromatic carbocycles. The second kappa shape index (κ2) is 6.75. The Morgan fingerprint density at radius 1 is 1.33 bits per heavy atom. The van der Waals surface area contributed by atoms with E-state index in [-0.39, 0.29) is 17.4 Å². The number of hydrogen-bond donors (Lipinski definition) is 1. The van der Waals surface area contributed by atoms with Crippen molar-refractivity contribution in [2.75, 3.05) is 0 Å². The van der Waals surface area contributed by atoms with Crippen LogP contribution in [0.25, 0.3) is 0 Å². The summed E-state index contributed by atoms with van der Waals surface area (Å²) in [5.74, 6) is 0.205. The predicted octanol–water partition coefficient (Wildman–Crippen LogP) is 3.86. The molecule has 1 aliphatic carbocycles. The van der Waals surface area contributed by atoms with Crippen molar-refractivity contribution in [3.05, 3.63) is 47.1 Å². The highest BCUT2D eigenvalue weighted by molar-refractivity contribution is 5.93. The first-order valence-electron chi connectivity index (χ1n) is 8.62. The molecule has 2 aromatic heterocycles. The predicted molar refractivity (Wildman–Crippen MR) is 91.7 cm³/mol. The first-order valence-corrected chi connectivity index (χ1v) is 8.62. The highest BCUT2D eigenvalue weighted by Crippen LogP contribution is 2.30. The molecule has 5 heteroatoms. The van der Waals surface area contributed by atoms with Gasteiger partial charge in [-0.2, -0.15) is 0 Å². The molecule has 24 heavy (non-hydrogen) atoms. The topological polar surface area (TPSA) is 68.0 Å². The summed E-state index contributed by atoms with van der Waals surface area (Å²) in [7, 11) is 0. The number of amides is 1. The lowest BCUT2D eigenvalue weighted by Crippen LogP contribution is -2.31. The van der Waals surface area contributed by atoms with Crippen LogP contribution < -0.4 is 5.32 Å². The smallest absolute Gasteiger partial charge is 0.290 e. The van der Waals surface area contributed by atoms with Gasteiger partial charge in [-0.1, -0.05) is 32.0 Å². The third-order valence-electron chi connectivity index (χ3n) is 4.37. The van der Waals surface area contributed by atoms with Gasteiger partial charge in [0.1, 0.15) is 0 Å². The summed E-state index contributed by atoms with van der Waals surface area (Å²) in [6.45, 7) is 6.50. The van der Waals surface area contributed by atoms with Crippen LogP contribution in [0.5, 0.6) is 0 Å². The summed E-state index contributed by atoms with van der Waals surface area (Å²) in [6.07, 6.45) is 8.35. The average Bonchev–Trinajstić information content (AvgIpc) is 2.98. The average molecular weight is 327 g/mol. The molecule has 2 heterocycles. The molecule has 0 radical (unpaired) electrons. The van der Waals surface area contributed by atoms with E-state index in [0.717, 1.165) is 48.9 Å². The van der Waals surface area contributed by atoms with Crippen molar-refractivity contribution in [1.82, 2.24) is 15.5 Å². The van der Waals surface area contributed by atoms with Crippen LogP contribution in [-0.4, -0.2) is 16.0 Å². The minimum absolute atomic E-state index is 0.0780. The normalized spacial score (nSPS) is 15.6. The first kappa shape index (κ1) is 16.7. The second-order valence-electron chi connectivity index (χ2n) is 7.72. The first-order chi connectivity index (χ1) is 11.4. The quantitative estimate of drug-likeness (QED) is 0.926. The van der Waals surface area contributed by atoms with Crippen molar-refractivity contribution in [3.8, 4) is 0 Å². The van der Waals surface area contributed by atoms with Gasteiger partial charge in [0.2, 0.25) is 5.76 Å². The SMILES string of the molecule is CC(C)(C)C[C@@H](NC(=O)c1onc2c1CCCC2)c1cccnc1. The maximum Gasteiger partial charge on any atom is 0.290 e. The highest BCUT2D eigenvalue weighted by atomic mass is 16.5. The van der Waals surface area contributed by atoms with Crippen LogP contribution in [0.2, 0.25) is 0 Å². The number of hydrogen-bond acceptors (Lipinski definition) is 4. The van der Waals surface area contributed by atoms with Crippen LogP contribution in [0.4, 0.5) is 0 Å².